The van der Waals surface area contributed by atoms with Crippen molar-refractivity contribution in [2.75, 3.05) is 12.8 Å². The number of hydrogen-bond acceptors (Lipinski definition) is 4. The number of carbonyl (C=O) groups is 1. The molecule has 0 aliphatic heterocycles. The summed E-state index contributed by atoms with van der Waals surface area (Å²) >= 11 is 0. The van der Waals surface area contributed by atoms with E-state index in [1.807, 2.05) is 36.4 Å². The van der Waals surface area contributed by atoms with Gasteiger partial charge in [0, 0.05) is 30.4 Å². The number of aryl methyl sites for hydroxylation is 1. The van der Waals surface area contributed by atoms with Crippen molar-refractivity contribution in [2.24, 2.45) is 0 Å². The Balaban J connectivity index is 1.84. The standard InChI is InChI=1S/C16H19N3O2/c1-21-16-13(6-4-10-18-16)11-19-15(20)9-8-12-5-2-3-7-14(12)17/h2-7,10H,8-9,11,17H2,1H3,(H,19,20). The fraction of sp³-hybridized carbons (Fsp3) is 0.250. The Morgan fingerprint density at radius 2 is 2.00 bits per heavy atom. The van der Waals surface area contributed by atoms with Gasteiger partial charge in [0.2, 0.25) is 11.8 Å². The van der Waals surface area contributed by atoms with Crippen molar-refractivity contribution < 1.29 is 9.53 Å². The van der Waals surface area contributed by atoms with E-state index in [9.17, 15) is 4.79 Å². The quantitative estimate of drug-likeness (QED) is 0.795. The molecule has 0 saturated heterocycles. The maximum absolute atomic E-state index is 11.9. The molecule has 5 nitrogen and oxygen atoms in total. The first-order valence-corrected chi connectivity index (χ1v) is 6.78. The number of hydrogen-bond donors (Lipinski definition) is 2. The van der Waals surface area contributed by atoms with Gasteiger partial charge in [-0.05, 0) is 24.1 Å². The summed E-state index contributed by atoms with van der Waals surface area (Å²) in [5, 5.41) is 2.86. The van der Waals surface area contributed by atoms with Gasteiger partial charge in [-0.2, -0.15) is 0 Å². The summed E-state index contributed by atoms with van der Waals surface area (Å²) in [4.78, 5) is 16.0. The lowest BCUT2D eigenvalue weighted by atomic mass is 10.1. The zero-order chi connectivity index (χ0) is 15.1. The minimum Gasteiger partial charge on any atom is -0.481 e. The number of rotatable bonds is 6. The van der Waals surface area contributed by atoms with Crippen LogP contribution in [0, 0.1) is 0 Å². The number of ether oxygens (including phenoxy) is 1. The van der Waals surface area contributed by atoms with E-state index in [-0.39, 0.29) is 5.91 Å². The van der Waals surface area contributed by atoms with Gasteiger partial charge >= 0.3 is 0 Å². The van der Waals surface area contributed by atoms with Gasteiger partial charge in [0.05, 0.1) is 7.11 Å². The highest BCUT2D eigenvalue weighted by Gasteiger charge is 2.07. The number of carbonyl (C=O) groups excluding carboxylic acids is 1. The van der Waals surface area contributed by atoms with Crippen LogP contribution in [0.4, 0.5) is 5.69 Å². The number of para-hydroxylation sites is 1. The largest absolute Gasteiger partial charge is 0.481 e. The van der Waals surface area contributed by atoms with Crippen molar-refractivity contribution in [3.63, 3.8) is 0 Å². The highest BCUT2D eigenvalue weighted by molar-refractivity contribution is 5.76. The number of pyridine rings is 1. The first kappa shape index (κ1) is 14.8. The lowest BCUT2D eigenvalue weighted by Crippen LogP contribution is -2.23. The summed E-state index contributed by atoms with van der Waals surface area (Å²) in [6.07, 6.45) is 2.68. The van der Waals surface area contributed by atoms with E-state index in [2.05, 4.69) is 10.3 Å². The first-order chi connectivity index (χ1) is 10.2. The normalized spacial score (nSPS) is 10.1. The average molecular weight is 285 g/mol. The van der Waals surface area contributed by atoms with E-state index < -0.39 is 0 Å². The number of nitrogens with zero attached hydrogens (tertiary/aromatic N) is 1. The van der Waals surface area contributed by atoms with Gasteiger partial charge in [-0.1, -0.05) is 24.3 Å². The van der Waals surface area contributed by atoms with Crippen LogP contribution in [0.15, 0.2) is 42.6 Å². The number of amides is 1. The van der Waals surface area contributed by atoms with Crippen LogP contribution in [0.1, 0.15) is 17.5 Å². The van der Waals surface area contributed by atoms with Crippen LogP contribution >= 0.6 is 0 Å². The molecule has 1 aromatic carbocycles. The summed E-state index contributed by atoms with van der Waals surface area (Å²) in [6, 6.07) is 11.3. The summed E-state index contributed by atoms with van der Waals surface area (Å²) in [7, 11) is 1.56. The van der Waals surface area contributed by atoms with Crippen LogP contribution in [0.5, 0.6) is 5.88 Å². The van der Waals surface area contributed by atoms with Crippen LogP contribution in [-0.4, -0.2) is 18.0 Å². The Bertz CT molecular complexity index is 614. The molecule has 0 saturated carbocycles. The molecule has 0 aliphatic rings. The summed E-state index contributed by atoms with van der Waals surface area (Å²) in [5.41, 5.74) is 8.42. The zero-order valence-corrected chi connectivity index (χ0v) is 12.0. The summed E-state index contributed by atoms with van der Waals surface area (Å²) < 4.78 is 5.14. The van der Waals surface area contributed by atoms with Crippen molar-refractivity contribution in [1.29, 1.82) is 0 Å². The number of aromatic nitrogens is 1. The highest BCUT2D eigenvalue weighted by Crippen LogP contribution is 2.14. The number of nitrogens with two attached hydrogens (primary N) is 1. The van der Waals surface area contributed by atoms with Gasteiger partial charge in [-0.15, -0.1) is 0 Å². The summed E-state index contributed by atoms with van der Waals surface area (Å²) in [5.74, 6) is 0.509. The Morgan fingerprint density at radius 3 is 2.76 bits per heavy atom. The van der Waals surface area contributed by atoms with E-state index in [1.165, 1.54) is 0 Å². The molecule has 0 unspecified atom stereocenters. The Labute approximate surface area is 124 Å². The Kier molecular flexibility index (Phi) is 5.15. The SMILES string of the molecule is COc1ncccc1CNC(=O)CCc1ccccc1N. The lowest BCUT2D eigenvalue weighted by molar-refractivity contribution is -0.121. The maximum Gasteiger partial charge on any atom is 0.220 e. The second kappa shape index (κ2) is 7.28. The van der Waals surface area contributed by atoms with Gasteiger partial charge in [0.1, 0.15) is 0 Å². The molecule has 110 valence electrons. The second-order valence-electron chi connectivity index (χ2n) is 4.65. The van der Waals surface area contributed by atoms with Gasteiger partial charge in [-0.3, -0.25) is 4.79 Å². The van der Waals surface area contributed by atoms with Crippen LogP contribution in [-0.2, 0) is 17.8 Å². The number of nitrogen functional groups attached to an aromatic ring is 1. The predicted molar refractivity (Wildman–Crippen MR) is 81.8 cm³/mol. The van der Waals surface area contributed by atoms with Crippen LogP contribution < -0.4 is 15.8 Å². The number of nitrogens with one attached hydrogen (secondary N) is 1. The van der Waals surface area contributed by atoms with Crippen molar-refractivity contribution in [2.45, 2.75) is 19.4 Å². The molecule has 2 aromatic rings. The lowest BCUT2D eigenvalue weighted by Gasteiger charge is -2.09. The zero-order valence-electron chi connectivity index (χ0n) is 12.0. The highest BCUT2D eigenvalue weighted by atomic mass is 16.5. The van der Waals surface area contributed by atoms with Gasteiger partial charge < -0.3 is 15.8 Å². The van der Waals surface area contributed by atoms with E-state index in [4.69, 9.17) is 10.5 Å². The van der Waals surface area contributed by atoms with Crippen LogP contribution in [0.3, 0.4) is 0 Å². The maximum atomic E-state index is 11.9. The molecule has 1 heterocycles. The third-order valence-corrected chi connectivity index (χ3v) is 3.20. The molecule has 21 heavy (non-hydrogen) atoms. The van der Waals surface area contributed by atoms with Crippen molar-refractivity contribution >= 4 is 11.6 Å². The molecule has 3 N–H and O–H groups in total. The number of methoxy groups -OCH3 is 1. The average Bonchev–Trinajstić information content (AvgIpc) is 2.52. The Hall–Kier alpha value is -2.56. The molecule has 1 aromatic heterocycles. The molecule has 0 fully saturated rings. The van der Waals surface area contributed by atoms with Gasteiger partial charge in [0.25, 0.3) is 0 Å². The third kappa shape index (κ3) is 4.21. The smallest absolute Gasteiger partial charge is 0.220 e. The molecule has 2 rings (SSSR count). The van der Waals surface area contributed by atoms with Crippen molar-refractivity contribution in [3.8, 4) is 5.88 Å². The summed E-state index contributed by atoms with van der Waals surface area (Å²) in [6.45, 7) is 0.403. The van der Waals surface area contributed by atoms with Crippen LogP contribution in [0.2, 0.25) is 0 Å². The predicted octanol–water partition coefficient (Wildman–Crippen LogP) is 1.92. The molecule has 0 radical (unpaired) electrons. The molecule has 5 heteroatoms. The number of benzene rings is 1. The third-order valence-electron chi connectivity index (χ3n) is 3.20. The number of anilines is 1. The minimum absolute atomic E-state index is 0.0239. The topological polar surface area (TPSA) is 77.2 Å². The molecule has 0 bridgehead atoms. The van der Waals surface area contributed by atoms with E-state index in [0.717, 1.165) is 16.8 Å². The van der Waals surface area contributed by atoms with Gasteiger partial charge in [-0.25, -0.2) is 4.98 Å². The van der Waals surface area contributed by atoms with E-state index in [0.29, 0.717) is 25.3 Å². The first-order valence-electron chi connectivity index (χ1n) is 6.78. The second-order valence-corrected chi connectivity index (χ2v) is 4.65. The fourth-order valence-electron chi connectivity index (χ4n) is 2.03. The molecular formula is C16H19N3O2. The molecular weight excluding hydrogens is 266 g/mol. The van der Waals surface area contributed by atoms with E-state index in [1.54, 1.807) is 13.3 Å². The van der Waals surface area contributed by atoms with Gasteiger partial charge in [0.15, 0.2) is 0 Å². The van der Waals surface area contributed by atoms with Crippen LogP contribution in [0.25, 0.3) is 0 Å². The molecule has 1 amide bonds. The minimum atomic E-state index is -0.0239. The molecule has 0 spiro atoms. The van der Waals surface area contributed by atoms with Crippen molar-refractivity contribution in [3.05, 3.63) is 53.7 Å². The molecule has 0 atom stereocenters. The molecule has 0 aliphatic carbocycles. The Morgan fingerprint density at radius 1 is 1.24 bits per heavy atom. The fourth-order valence-corrected chi connectivity index (χ4v) is 2.03. The monoisotopic (exact) mass is 285 g/mol. The van der Waals surface area contributed by atoms with Crippen molar-refractivity contribution in [1.82, 2.24) is 10.3 Å². The van der Waals surface area contributed by atoms with E-state index >= 15 is 0 Å².